The van der Waals surface area contributed by atoms with E-state index in [1.165, 1.54) is 24.3 Å². The molecule has 0 aliphatic carbocycles. The minimum Gasteiger partial charge on any atom is -0.452 e. The SMILES string of the molecule is C[C@@H](NC(=O)COC(=O)/C=C/c1cccc(F)c1)c1ccc(Cl)c(Cl)c1. The second-order valence-corrected chi connectivity index (χ2v) is 6.27. The predicted molar refractivity (Wildman–Crippen MR) is 99.4 cm³/mol. The zero-order chi connectivity index (χ0) is 19.1. The summed E-state index contributed by atoms with van der Waals surface area (Å²) in [5, 5.41) is 3.50. The summed E-state index contributed by atoms with van der Waals surface area (Å²) in [4.78, 5) is 23.5. The molecule has 0 radical (unpaired) electrons. The normalized spacial score (nSPS) is 12.0. The van der Waals surface area contributed by atoms with Gasteiger partial charge in [-0.1, -0.05) is 41.4 Å². The average Bonchev–Trinajstić information content (AvgIpc) is 2.60. The molecule has 0 aromatic heterocycles. The van der Waals surface area contributed by atoms with Gasteiger partial charge in [-0.2, -0.15) is 0 Å². The van der Waals surface area contributed by atoms with Crippen LogP contribution in [0.2, 0.25) is 10.0 Å². The monoisotopic (exact) mass is 395 g/mol. The fourth-order valence-corrected chi connectivity index (χ4v) is 2.41. The maximum atomic E-state index is 13.0. The first-order valence-electron chi connectivity index (χ1n) is 7.70. The molecule has 4 nitrogen and oxygen atoms in total. The molecule has 26 heavy (non-hydrogen) atoms. The highest BCUT2D eigenvalue weighted by Gasteiger charge is 2.12. The van der Waals surface area contributed by atoms with E-state index in [2.05, 4.69) is 5.32 Å². The Morgan fingerprint density at radius 3 is 2.65 bits per heavy atom. The molecular formula is C19H16Cl2FNO3. The van der Waals surface area contributed by atoms with Crippen molar-refractivity contribution in [3.05, 3.63) is 75.5 Å². The summed E-state index contributed by atoms with van der Waals surface area (Å²) >= 11 is 11.8. The highest BCUT2D eigenvalue weighted by atomic mass is 35.5. The maximum absolute atomic E-state index is 13.0. The lowest BCUT2D eigenvalue weighted by molar-refractivity contribution is -0.144. The molecule has 0 heterocycles. The Labute approximate surface area is 160 Å². The minimum atomic E-state index is -0.702. The molecule has 7 heteroatoms. The number of carbonyl (C=O) groups excluding carboxylic acids is 2. The first-order chi connectivity index (χ1) is 12.3. The van der Waals surface area contributed by atoms with Gasteiger partial charge in [0, 0.05) is 6.08 Å². The van der Waals surface area contributed by atoms with E-state index < -0.39 is 24.3 Å². The van der Waals surface area contributed by atoms with Gasteiger partial charge in [0.15, 0.2) is 6.61 Å². The molecule has 0 aliphatic rings. The van der Waals surface area contributed by atoms with E-state index in [1.807, 2.05) is 0 Å². The Bertz CT molecular complexity index is 839. The molecule has 0 saturated heterocycles. The first-order valence-corrected chi connectivity index (χ1v) is 8.45. The second-order valence-electron chi connectivity index (χ2n) is 5.46. The molecule has 2 aromatic rings. The number of hydrogen-bond donors (Lipinski definition) is 1. The van der Waals surface area contributed by atoms with Crippen LogP contribution in [0, 0.1) is 5.82 Å². The molecule has 2 rings (SSSR count). The molecule has 0 fully saturated rings. The van der Waals surface area contributed by atoms with Crippen LogP contribution >= 0.6 is 23.2 Å². The fraction of sp³-hybridized carbons (Fsp3) is 0.158. The van der Waals surface area contributed by atoms with Gasteiger partial charge in [-0.25, -0.2) is 9.18 Å². The van der Waals surface area contributed by atoms with Crippen LogP contribution in [0.15, 0.2) is 48.5 Å². The third-order valence-electron chi connectivity index (χ3n) is 3.43. The molecule has 1 atom stereocenters. The molecule has 136 valence electrons. The van der Waals surface area contributed by atoms with Gasteiger partial charge < -0.3 is 10.1 Å². The summed E-state index contributed by atoms with van der Waals surface area (Å²) < 4.78 is 17.9. The van der Waals surface area contributed by atoms with Crippen molar-refractivity contribution in [2.24, 2.45) is 0 Å². The fourth-order valence-electron chi connectivity index (χ4n) is 2.11. The number of rotatable bonds is 6. The summed E-state index contributed by atoms with van der Waals surface area (Å²) in [6.45, 7) is 1.33. The van der Waals surface area contributed by atoms with E-state index in [0.29, 0.717) is 15.6 Å². The van der Waals surface area contributed by atoms with Crippen LogP contribution in [-0.4, -0.2) is 18.5 Å². The van der Waals surface area contributed by atoms with Crippen molar-refractivity contribution in [2.75, 3.05) is 6.61 Å². The van der Waals surface area contributed by atoms with Gasteiger partial charge in [-0.05, 0) is 48.4 Å². The second kappa shape index (κ2) is 9.36. The van der Waals surface area contributed by atoms with Crippen molar-refractivity contribution in [1.29, 1.82) is 0 Å². The molecule has 0 unspecified atom stereocenters. The van der Waals surface area contributed by atoms with Gasteiger partial charge in [0.2, 0.25) is 0 Å². The van der Waals surface area contributed by atoms with Crippen LogP contribution in [0.3, 0.4) is 0 Å². The number of hydrogen-bond acceptors (Lipinski definition) is 3. The van der Waals surface area contributed by atoms with E-state index in [0.717, 1.165) is 11.6 Å². The lowest BCUT2D eigenvalue weighted by atomic mass is 10.1. The van der Waals surface area contributed by atoms with Crippen molar-refractivity contribution in [2.45, 2.75) is 13.0 Å². The highest BCUT2D eigenvalue weighted by molar-refractivity contribution is 6.42. The highest BCUT2D eigenvalue weighted by Crippen LogP contribution is 2.25. The third-order valence-corrected chi connectivity index (χ3v) is 4.17. The molecule has 1 N–H and O–H groups in total. The Balaban J connectivity index is 1.82. The molecule has 0 saturated carbocycles. The van der Waals surface area contributed by atoms with Crippen molar-refractivity contribution >= 4 is 41.2 Å². The van der Waals surface area contributed by atoms with Crippen LogP contribution in [0.4, 0.5) is 4.39 Å². The van der Waals surface area contributed by atoms with Crippen LogP contribution in [0.5, 0.6) is 0 Å². The summed E-state index contributed by atoms with van der Waals surface area (Å²) in [5.41, 5.74) is 1.28. The standard InChI is InChI=1S/C19H16Cl2FNO3/c1-12(14-6-7-16(20)17(21)10-14)23-18(24)11-26-19(25)8-5-13-3-2-4-15(22)9-13/h2-10,12H,11H2,1H3,(H,23,24)/b8-5+/t12-/m1/s1. The van der Waals surface area contributed by atoms with Crippen LogP contribution in [0.25, 0.3) is 6.08 Å². The summed E-state index contributed by atoms with van der Waals surface area (Å²) in [6, 6.07) is 10.4. The Kier molecular flexibility index (Phi) is 7.18. The molecule has 0 bridgehead atoms. The van der Waals surface area contributed by atoms with Crippen LogP contribution in [0.1, 0.15) is 24.1 Å². The topological polar surface area (TPSA) is 55.4 Å². The Hall–Kier alpha value is -2.37. The van der Waals surface area contributed by atoms with Gasteiger partial charge in [0.05, 0.1) is 16.1 Å². The number of carbonyl (C=O) groups is 2. The average molecular weight is 396 g/mol. The van der Waals surface area contributed by atoms with E-state index in [4.69, 9.17) is 27.9 Å². The van der Waals surface area contributed by atoms with E-state index in [1.54, 1.807) is 31.2 Å². The molecule has 0 spiro atoms. The number of amides is 1. The van der Waals surface area contributed by atoms with Crippen LogP contribution in [-0.2, 0) is 14.3 Å². The molecule has 1 amide bonds. The molecular weight excluding hydrogens is 380 g/mol. The number of halogens is 3. The lowest BCUT2D eigenvalue weighted by Crippen LogP contribution is -2.30. The summed E-state index contributed by atoms with van der Waals surface area (Å²) in [5.74, 6) is -1.57. The van der Waals surface area contributed by atoms with Gasteiger partial charge in [-0.15, -0.1) is 0 Å². The number of benzene rings is 2. The zero-order valence-electron chi connectivity index (χ0n) is 13.8. The maximum Gasteiger partial charge on any atom is 0.331 e. The smallest absolute Gasteiger partial charge is 0.331 e. The van der Waals surface area contributed by atoms with Gasteiger partial charge in [-0.3, -0.25) is 4.79 Å². The number of ether oxygens (including phenoxy) is 1. The van der Waals surface area contributed by atoms with E-state index >= 15 is 0 Å². The zero-order valence-corrected chi connectivity index (χ0v) is 15.4. The minimum absolute atomic E-state index is 0.334. The van der Waals surface area contributed by atoms with Crippen molar-refractivity contribution in [3.63, 3.8) is 0 Å². The molecule has 0 aliphatic heterocycles. The number of esters is 1. The van der Waals surface area contributed by atoms with Crippen molar-refractivity contribution in [1.82, 2.24) is 5.32 Å². The van der Waals surface area contributed by atoms with Gasteiger partial charge >= 0.3 is 5.97 Å². The van der Waals surface area contributed by atoms with Gasteiger partial charge in [0.25, 0.3) is 5.91 Å². The quantitative estimate of drug-likeness (QED) is 0.575. The summed E-state index contributed by atoms with van der Waals surface area (Å²) in [6.07, 6.45) is 2.53. The van der Waals surface area contributed by atoms with Crippen LogP contribution < -0.4 is 5.32 Å². The predicted octanol–water partition coefficient (Wildman–Crippen LogP) is 4.57. The first kappa shape index (κ1) is 19.9. The van der Waals surface area contributed by atoms with E-state index in [-0.39, 0.29) is 6.04 Å². The largest absolute Gasteiger partial charge is 0.452 e. The Morgan fingerprint density at radius 2 is 1.96 bits per heavy atom. The molecule has 2 aromatic carbocycles. The van der Waals surface area contributed by atoms with E-state index in [9.17, 15) is 14.0 Å². The van der Waals surface area contributed by atoms with Gasteiger partial charge in [0.1, 0.15) is 5.82 Å². The van der Waals surface area contributed by atoms with Crippen molar-refractivity contribution in [3.8, 4) is 0 Å². The van der Waals surface area contributed by atoms with Crippen molar-refractivity contribution < 1.29 is 18.7 Å². The third kappa shape index (κ3) is 6.17. The summed E-state index contributed by atoms with van der Waals surface area (Å²) in [7, 11) is 0. The number of nitrogens with one attached hydrogen (secondary N) is 1. The lowest BCUT2D eigenvalue weighted by Gasteiger charge is -2.14. The Morgan fingerprint density at radius 1 is 1.19 bits per heavy atom.